The number of fused-ring (bicyclic) bond motifs is 1. The molecule has 3 rings (SSSR count). The average Bonchev–Trinajstić information content (AvgIpc) is 3.05. The predicted molar refractivity (Wildman–Crippen MR) is 79.7 cm³/mol. The zero-order chi connectivity index (χ0) is 15.7. The molecule has 118 valence electrons. The van der Waals surface area contributed by atoms with Crippen molar-refractivity contribution in [2.24, 2.45) is 0 Å². The number of carbonyl (C=O) groups is 2. The summed E-state index contributed by atoms with van der Waals surface area (Å²) in [6.45, 7) is -0.117. The number of amides is 2. The highest BCUT2D eigenvalue weighted by Crippen LogP contribution is 2.29. The number of nitrogens with one attached hydrogen (secondary N) is 1. The fraction of sp³-hybridized carbons (Fsp3) is 0.467. The third kappa shape index (κ3) is 2.61. The topological polar surface area (TPSA) is 83.6 Å². The van der Waals surface area contributed by atoms with Crippen LogP contribution in [0.3, 0.4) is 0 Å². The molecule has 2 aliphatic rings. The van der Waals surface area contributed by atoms with E-state index in [1.54, 1.807) is 12.1 Å². The minimum atomic E-state index is -3.81. The Bertz CT molecular complexity index is 708. The minimum Gasteiger partial charge on any atom is -0.353 e. The lowest BCUT2D eigenvalue weighted by Crippen LogP contribution is -2.37. The normalized spacial score (nSPS) is 20.2. The molecular weight excluding hydrogens is 304 g/mol. The summed E-state index contributed by atoms with van der Waals surface area (Å²) in [6, 6.07) is 6.31. The van der Waals surface area contributed by atoms with Crippen molar-refractivity contribution in [2.45, 2.75) is 43.0 Å². The van der Waals surface area contributed by atoms with Crippen LogP contribution in [-0.4, -0.2) is 37.1 Å². The van der Waals surface area contributed by atoms with Crippen LogP contribution < -0.4 is 5.32 Å². The molecule has 0 aromatic heterocycles. The van der Waals surface area contributed by atoms with Crippen molar-refractivity contribution >= 4 is 21.8 Å². The summed E-state index contributed by atoms with van der Waals surface area (Å²) in [5.74, 6) is -0.755. The van der Waals surface area contributed by atoms with Gasteiger partial charge in [-0.25, -0.2) is 12.7 Å². The first kappa shape index (κ1) is 15.0. The van der Waals surface area contributed by atoms with Crippen LogP contribution in [0, 0.1) is 0 Å². The molecule has 2 amide bonds. The Morgan fingerprint density at radius 3 is 2.59 bits per heavy atom. The molecule has 1 heterocycles. The number of hydrogen-bond donors (Lipinski definition) is 1. The number of carbonyl (C=O) groups excluding carboxylic acids is 2. The Morgan fingerprint density at radius 1 is 1.23 bits per heavy atom. The van der Waals surface area contributed by atoms with Gasteiger partial charge >= 0.3 is 0 Å². The van der Waals surface area contributed by atoms with Crippen LogP contribution in [0.1, 0.15) is 42.5 Å². The Labute approximate surface area is 129 Å². The third-order valence-corrected chi connectivity index (χ3v) is 6.01. The van der Waals surface area contributed by atoms with Gasteiger partial charge in [-0.15, -0.1) is 0 Å². The molecule has 0 radical (unpaired) electrons. The minimum absolute atomic E-state index is 0.00451. The number of hydrogen-bond acceptors (Lipinski definition) is 4. The number of rotatable bonds is 4. The lowest BCUT2D eigenvalue weighted by Gasteiger charge is -2.16. The quantitative estimate of drug-likeness (QED) is 0.905. The van der Waals surface area contributed by atoms with E-state index in [2.05, 4.69) is 5.32 Å². The molecule has 1 aliphatic heterocycles. The fourth-order valence-electron chi connectivity index (χ4n) is 3.03. The van der Waals surface area contributed by atoms with Crippen LogP contribution in [0.5, 0.6) is 0 Å². The molecule has 22 heavy (non-hydrogen) atoms. The second kappa shape index (κ2) is 5.72. The molecule has 0 spiro atoms. The van der Waals surface area contributed by atoms with Crippen LogP contribution >= 0.6 is 0 Å². The summed E-state index contributed by atoms with van der Waals surface area (Å²) in [7, 11) is -3.81. The highest BCUT2D eigenvalue weighted by atomic mass is 32.2. The largest absolute Gasteiger partial charge is 0.353 e. The van der Waals surface area contributed by atoms with Gasteiger partial charge in [-0.3, -0.25) is 9.59 Å². The fourth-order valence-corrected chi connectivity index (χ4v) is 4.59. The summed E-state index contributed by atoms with van der Waals surface area (Å²) in [4.78, 5) is 24.1. The molecule has 1 N–H and O–H groups in total. The summed E-state index contributed by atoms with van der Waals surface area (Å²) >= 11 is 0. The van der Waals surface area contributed by atoms with Gasteiger partial charge in [0, 0.05) is 19.0 Å². The zero-order valence-electron chi connectivity index (χ0n) is 12.1. The first-order valence-corrected chi connectivity index (χ1v) is 8.89. The predicted octanol–water partition coefficient (Wildman–Crippen LogP) is 1.28. The Kier molecular flexibility index (Phi) is 3.90. The van der Waals surface area contributed by atoms with Gasteiger partial charge in [-0.2, -0.15) is 0 Å². The van der Waals surface area contributed by atoms with Crippen LogP contribution in [0.15, 0.2) is 29.2 Å². The van der Waals surface area contributed by atoms with E-state index >= 15 is 0 Å². The highest BCUT2D eigenvalue weighted by molar-refractivity contribution is 7.90. The van der Waals surface area contributed by atoms with Crippen molar-refractivity contribution in [1.29, 1.82) is 0 Å². The molecule has 1 aromatic carbocycles. The average molecular weight is 322 g/mol. The van der Waals surface area contributed by atoms with Crippen molar-refractivity contribution < 1.29 is 18.0 Å². The van der Waals surface area contributed by atoms with Crippen LogP contribution in [0.4, 0.5) is 0 Å². The van der Waals surface area contributed by atoms with Crippen molar-refractivity contribution in [3.05, 3.63) is 29.8 Å². The second-order valence-corrected chi connectivity index (χ2v) is 7.51. The SMILES string of the molecule is O=C(CCN1C(=O)c2ccccc2S1(=O)=O)NC1CCCC1. The van der Waals surface area contributed by atoms with Gasteiger partial charge in [0.2, 0.25) is 5.91 Å². The van der Waals surface area contributed by atoms with E-state index in [0.717, 1.165) is 30.0 Å². The second-order valence-electron chi connectivity index (χ2n) is 5.68. The van der Waals surface area contributed by atoms with Crippen molar-refractivity contribution in [3.63, 3.8) is 0 Å². The Morgan fingerprint density at radius 2 is 1.91 bits per heavy atom. The van der Waals surface area contributed by atoms with E-state index in [-0.39, 0.29) is 35.4 Å². The summed E-state index contributed by atoms with van der Waals surface area (Å²) in [6.07, 6.45) is 4.16. The highest BCUT2D eigenvalue weighted by Gasteiger charge is 2.40. The first-order valence-electron chi connectivity index (χ1n) is 7.45. The maximum absolute atomic E-state index is 12.3. The van der Waals surface area contributed by atoms with Gasteiger partial charge in [0.05, 0.1) is 5.56 Å². The first-order chi connectivity index (χ1) is 10.5. The maximum atomic E-state index is 12.3. The smallest absolute Gasteiger partial charge is 0.269 e. The summed E-state index contributed by atoms with van der Waals surface area (Å²) < 4.78 is 25.4. The van der Waals surface area contributed by atoms with E-state index in [4.69, 9.17) is 0 Å². The zero-order valence-corrected chi connectivity index (χ0v) is 12.9. The summed E-state index contributed by atoms with van der Waals surface area (Å²) in [5.41, 5.74) is 0.179. The molecule has 0 bridgehead atoms. The van der Waals surface area contributed by atoms with E-state index < -0.39 is 15.9 Å². The lowest BCUT2D eigenvalue weighted by atomic mass is 10.2. The van der Waals surface area contributed by atoms with Gasteiger partial charge in [-0.05, 0) is 25.0 Å². The standard InChI is InChI=1S/C15H18N2O4S/c18-14(16-11-5-1-2-6-11)9-10-17-15(19)12-7-3-4-8-13(12)22(17,20)21/h3-4,7-8,11H,1-2,5-6,9-10H2,(H,16,18). The third-order valence-electron chi connectivity index (χ3n) is 4.17. The summed E-state index contributed by atoms with van der Waals surface area (Å²) in [5, 5.41) is 2.89. The molecule has 7 heteroatoms. The molecule has 1 fully saturated rings. The van der Waals surface area contributed by atoms with Gasteiger partial charge < -0.3 is 5.32 Å². The van der Waals surface area contributed by atoms with Crippen LogP contribution in [-0.2, 0) is 14.8 Å². The molecular formula is C15H18N2O4S. The van der Waals surface area contributed by atoms with E-state index in [1.165, 1.54) is 12.1 Å². The molecule has 0 saturated heterocycles. The van der Waals surface area contributed by atoms with Crippen LogP contribution in [0.2, 0.25) is 0 Å². The van der Waals surface area contributed by atoms with Crippen LogP contribution in [0.25, 0.3) is 0 Å². The Hall–Kier alpha value is -1.89. The lowest BCUT2D eigenvalue weighted by molar-refractivity contribution is -0.121. The Balaban J connectivity index is 1.66. The van der Waals surface area contributed by atoms with E-state index in [0.29, 0.717) is 0 Å². The molecule has 0 unspecified atom stereocenters. The molecule has 6 nitrogen and oxygen atoms in total. The monoisotopic (exact) mass is 322 g/mol. The van der Waals surface area contributed by atoms with Crippen molar-refractivity contribution in [1.82, 2.24) is 9.62 Å². The molecule has 1 aromatic rings. The van der Waals surface area contributed by atoms with E-state index in [1.807, 2.05) is 0 Å². The van der Waals surface area contributed by atoms with Gasteiger partial charge in [-0.1, -0.05) is 25.0 Å². The number of nitrogens with zero attached hydrogens (tertiary/aromatic N) is 1. The maximum Gasteiger partial charge on any atom is 0.269 e. The van der Waals surface area contributed by atoms with Gasteiger partial charge in [0.1, 0.15) is 4.90 Å². The number of sulfonamides is 1. The van der Waals surface area contributed by atoms with E-state index in [9.17, 15) is 18.0 Å². The van der Waals surface area contributed by atoms with Gasteiger partial charge in [0.25, 0.3) is 15.9 Å². The van der Waals surface area contributed by atoms with Crippen molar-refractivity contribution in [2.75, 3.05) is 6.54 Å². The molecule has 1 saturated carbocycles. The number of benzene rings is 1. The molecule has 0 atom stereocenters. The van der Waals surface area contributed by atoms with Crippen molar-refractivity contribution in [3.8, 4) is 0 Å². The van der Waals surface area contributed by atoms with Gasteiger partial charge in [0.15, 0.2) is 0 Å². The molecule has 1 aliphatic carbocycles.